The second-order valence-corrected chi connectivity index (χ2v) is 4.50. The first kappa shape index (κ1) is 15.1. The number of carboxylic acids is 1. The highest BCUT2D eigenvalue weighted by Gasteiger charge is 2.24. The Hall–Kier alpha value is -1.98. The number of carboxylic acid groups (broad SMARTS) is 1. The van der Waals surface area contributed by atoms with Gasteiger partial charge in [0, 0.05) is 5.56 Å². The molecule has 1 aromatic rings. The van der Waals surface area contributed by atoms with Gasteiger partial charge in [-0.25, -0.2) is 13.6 Å². The Morgan fingerprint density at radius 2 is 1.79 bits per heavy atom. The molecule has 1 amide bonds. The second kappa shape index (κ2) is 6.26. The molecule has 0 saturated carbocycles. The second-order valence-electron chi connectivity index (χ2n) is 4.50. The van der Waals surface area contributed by atoms with Crippen molar-refractivity contribution in [2.75, 3.05) is 0 Å². The van der Waals surface area contributed by atoms with Crippen molar-refractivity contribution in [1.29, 1.82) is 0 Å². The van der Waals surface area contributed by atoms with E-state index in [0.29, 0.717) is 0 Å². The number of aliphatic carboxylic acids is 1. The number of hydrogen-bond acceptors (Lipinski definition) is 2. The van der Waals surface area contributed by atoms with Crippen LogP contribution < -0.4 is 5.32 Å². The first-order valence-electron chi connectivity index (χ1n) is 5.78. The molecule has 6 heteroatoms. The van der Waals surface area contributed by atoms with Crippen LogP contribution in [0.4, 0.5) is 8.78 Å². The van der Waals surface area contributed by atoms with E-state index in [2.05, 4.69) is 5.32 Å². The smallest absolute Gasteiger partial charge is 0.326 e. The SMILES string of the molecule is CC(C)[C@@H](NC(=O)Cc1c(F)cccc1F)C(=O)O. The highest BCUT2D eigenvalue weighted by atomic mass is 19.1. The summed E-state index contributed by atoms with van der Waals surface area (Å²) in [6, 6.07) is 2.20. The number of carbonyl (C=O) groups excluding carboxylic acids is 1. The molecule has 0 spiro atoms. The summed E-state index contributed by atoms with van der Waals surface area (Å²) in [7, 11) is 0. The van der Waals surface area contributed by atoms with E-state index < -0.39 is 36.0 Å². The minimum absolute atomic E-state index is 0.327. The number of amides is 1. The third-order valence-electron chi connectivity index (χ3n) is 2.65. The van der Waals surface area contributed by atoms with E-state index in [1.165, 1.54) is 6.07 Å². The van der Waals surface area contributed by atoms with Crippen LogP contribution in [0.2, 0.25) is 0 Å². The molecule has 1 rings (SSSR count). The Bertz CT molecular complexity index is 469. The monoisotopic (exact) mass is 271 g/mol. The maximum absolute atomic E-state index is 13.3. The van der Waals surface area contributed by atoms with E-state index in [-0.39, 0.29) is 11.5 Å². The summed E-state index contributed by atoms with van der Waals surface area (Å²) in [5.41, 5.74) is -0.368. The molecule has 0 saturated heterocycles. The maximum Gasteiger partial charge on any atom is 0.326 e. The predicted octanol–water partition coefficient (Wildman–Crippen LogP) is 1.73. The molecule has 0 fully saturated rings. The molecule has 104 valence electrons. The van der Waals surface area contributed by atoms with Crippen LogP contribution in [0.3, 0.4) is 0 Å². The number of carbonyl (C=O) groups is 2. The molecule has 19 heavy (non-hydrogen) atoms. The summed E-state index contributed by atoms with van der Waals surface area (Å²) >= 11 is 0. The van der Waals surface area contributed by atoms with Gasteiger partial charge in [-0.05, 0) is 18.1 Å². The molecule has 0 aliphatic heterocycles. The lowest BCUT2D eigenvalue weighted by Gasteiger charge is -2.18. The van der Waals surface area contributed by atoms with Gasteiger partial charge in [0.1, 0.15) is 17.7 Å². The molecule has 0 heterocycles. The molecule has 0 aliphatic rings. The van der Waals surface area contributed by atoms with Crippen molar-refractivity contribution in [3.8, 4) is 0 Å². The van der Waals surface area contributed by atoms with Crippen LogP contribution in [0.1, 0.15) is 19.4 Å². The lowest BCUT2D eigenvalue weighted by molar-refractivity contribution is -0.143. The van der Waals surface area contributed by atoms with Gasteiger partial charge in [-0.15, -0.1) is 0 Å². The maximum atomic E-state index is 13.3. The number of benzene rings is 1. The van der Waals surface area contributed by atoms with Crippen molar-refractivity contribution >= 4 is 11.9 Å². The molecule has 0 bridgehead atoms. The van der Waals surface area contributed by atoms with Crippen LogP contribution in [0.25, 0.3) is 0 Å². The Balaban J connectivity index is 2.78. The topological polar surface area (TPSA) is 66.4 Å². The minimum Gasteiger partial charge on any atom is -0.480 e. The standard InChI is InChI=1S/C13H15F2NO3/c1-7(2)12(13(18)19)16-11(17)6-8-9(14)4-3-5-10(8)15/h3-5,7,12H,6H2,1-2H3,(H,16,17)(H,18,19)/t12-/m1/s1. The molecule has 1 atom stereocenters. The fourth-order valence-corrected chi connectivity index (χ4v) is 1.60. The van der Waals surface area contributed by atoms with Crippen LogP contribution in [0.15, 0.2) is 18.2 Å². The molecule has 4 nitrogen and oxygen atoms in total. The summed E-state index contributed by atoms with van der Waals surface area (Å²) < 4.78 is 26.7. The van der Waals surface area contributed by atoms with Gasteiger partial charge in [0.25, 0.3) is 0 Å². The molecular formula is C13H15F2NO3. The van der Waals surface area contributed by atoms with Gasteiger partial charge in [-0.3, -0.25) is 4.79 Å². The van der Waals surface area contributed by atoms with Crippen molar-refractivity contribution < 1.29 is 23.5 Å². The normalized spacial score (nSPS) is 12.3. The summed E-state index contributed by atoms with van der Waals surface area (Å²) in [5, 5.41) is 11.2. The third-order valence-corrected chi connectivity index (χ3v) is 2.65. The molecule has 0 radical (unpaired) electrons. The summed E-state index contributed by atoms with van der Waals surface area (Å²) in [4.78, 5) is 22.5. The van der Waals surface area contributed by atoms with Crippen molar-refractivity contribution in [1.82, 2.24) is 5.32 Å². The molecule has 1 aromatic carbocycles. The van der Waals surface area contributed by atoms with Crippen LogP contribution >= 0.6 is 0 Å². The first-order chi connectivity index (χ1) is 8.82. The van der Waals surface area contributed by atoms with Gasteiger partial charge in [0.05, 0.1) is 6.42 Å². The number of nitrogens with one attached hydrogen (secondary N) is 1. The highest BCUT2D eigenvalue weighted by Crippen LogP contribution is 2.13. The zero-order chi connectivity index (χ0) is 14.6. The van der Waals surface area contributed by atoms with Crippen LogP contribution in [0.5, 0.6) is 0 Å². The van der Waals surface area contributed by atoms with Gasteiger partial charge in [-0.2, -0.15) is 0 Å². The van der Waals surface area contributed by atoms with E-state index in [1.54, 1.807) is 13.8 Å². The van der Waals surface area contributed by atoms with Crippen molar-refractivity contribution in [3.05, 3.63) is 35.4 Å². The van der Waals surface area contributed by atoms with Crippen molar-refractivity contribution in [2.24, 2.45) is 5.92 Å². The van der Waals surface area contributed by atoms with Crippen molar-refractivity contribution in [3.63, 3.8) is 0 Å². The van der Waals surface area contributed by atoms with E-state index in [4.69, 9.17) is 5.11 Å². The zero-order valence-corrected chi connectivity index (χ0v) is 10.6. The lowest BCUT2D eigenvalue weighted by Crippen LogP contribution is -2.45. The largest absolute Gasteiger partial charge is 0.480 e. The summed E-state index contributed by atoms with van der Waals surface area (Å²) in [5.74, 6) is -3.90. The number of rotatable bonds is 5. The zero-order valence-electron chi connectivity index (χ0n) is 10.6. The van der Waals surface area contributed by atoms with Gasteiger partial charge >= 0.3 is 5.97 Å². The third kappa shape index (κ3) is 4.01. The number of hydrogen-bond donors (Lipinski definition) is 2. The molecular weight excluding hydrogens is 256 g/mol. The highest BCUT2D eigenvalue weighted by molar-refractivity contribution is 5.85. The quantitative estimate of drug-likeness (QED) is 0.857. The van der Waals surface area contributed by atoms with E-state index >= 15 is 0 Å². The van der Waals surface area contributed by atoms with Gasteiger partial charge in [-0.1, -0.05) is 19.9 Å². The van der Waals surface area contributed by atoms with Gasteiger partial charge in [0.15, 0.2) is 0 Å². The first-order valence-corrected chi connectivity index (χ1v) is 5.78. The van der Waals surface area contributed by atoms with Crippen LogP contribution in [-0.2, 0) is 16.0 Å². The van der Waals surface area contributed by atoms with Crippen LogP contribution in [0, 0.1) is 17.6 Å². The lowest BCUT2D eigenvalue weighted by atomic mass is 10.0. The summed E-state index contributed by atoms with van der Waals surface area (Å²) in [6.45, 7) is 3.26. The Morgan fingerprint density at radius 3 is 2.21 bits per heavy atom. The molecule has 0 unspecified atom stereocenters. The average Bonchev–Trinajstić information content (AvgIpc) is 2.30. The Kier molecular flexibility index (Phi) is 4.97. The van der Waals surface area contributed by atoms with Gasteiger partial charge in [0.2, 0.25) is 5.91 Å². The summed E-state index contributed by atoms with van der Waals surface area (Å²) in [6.07, 6.45) is -0.533. The minimum atomic E-state index is -1.18. The van der Waals surface area contributed by atoms with E-state index in [9.17, 15) is 18.4 Å². The van der Waals surface area contributed by atoms with E-state index in [1.807, 2.05) is 0 Å². The predicted molar refractivity (Wildman–Crippen MR) is 64.5 cm³/mol. The fourth-order valence-electron chi connectivity index (χ4n) is 1.60. The molecule has 0 aliphatic carbocycles. The van der Waals surface area contributed by atoms with E-state index in [0.717, 1.165) is 12.1 Å². The number of halogens is 2. The van der Waals surface area contributed by atoms with Crippen LogP contribution in [-0.4, -0.2) is 23.0 Å². The molecule has 2 N–H and O–H groups in total. The fraction of sp³-hybridized carbons (Fsp3) is 0.385. The Morgan fingerprint density at radius 1 is 1.26 bits per heavy atom. The van der Waals surface area contributed by atoms with Crippen molar-refractivity contribution in [2.45, 2.75) is 26.3 Å². The average molecular weight is 271 g/mol. The van der Waals surface area contributed by atoms with Gasteiger partial charge < -0.3 is 10.4 Å². The molecule has 0 aromatic heterocycles. The Labute approximate surface area is 109 Å².